The molecule has 0 aliphatic rings. The molecular formula is C11H19F6NO3S. The summed E-state index contributed by atoms with van der Waals surface area (Å²) in [4.78, 5) is 0. The maximum Gasteiger partial charge on any atom is 0.400 e. The van der Waals surface area contributed by atoms with Crippen LogP contribution in [0.4, 0.5) is 26.3 Å². The summed E-state index contributed by atoms with van der Waals surface area (Å²) < 4.78 is 101. The van der Waals surface area contributed by atoms with E-state index in [2.05, 4.69) is 6.58 Å². The topological polar surface area (TPSA) is 80.4 Å². The zero-order valence-corrected chi connectivity index (χ0v) is 12.4. The highest BCUT2D eigenvalue weighted by Gasteiger charge is 2.52. The molecule has 0 fully saturated rings. The smallest absolute Gasteiger partial charge is 0.327 e. The van der Waals surface area contributed by atoms with Crippen molar-refractivity contribution in [1.29, 1.82) is 0 Å². The zero-order chi connectivity index (χ0) is 18.0. The van der Waals surface area contributed by atoms with Crippen LogP contribution in [0.5, 0.6) is 0 Å². The van der Waals surface area contributed by atoms with Crippen LogP contribution >= 0.6 is 0 Å². The molecule has 0 aliphatic carbocycles. The van der Waals surface area contributed by atoms with Crippen molar-refractivity contribution in [3.8, 4) is 0 Å². The maximum atomic E-state index is 12.8. The Morgan fingerprint density at radius 1 is 1.14 bits per heavy atom. The van der Waals surface area contributed by atoms with Crippen LogP contribution in [-0.2, 0) is 10.1 Å². The molecular weight excluding hydrogens is 340 g/mol. The second kappa shape index (κ2) is 10.1. The summed E-state index contributed by atoms with van der Waals surface area (Å²) in [5.41, 5.74) is 4.91. The molecule has 0 bridgehead atoms. The lowest BCUT2D eigenvalue weighted by Crippen LogP contribution is -2.38. The molecule has 4 nitrogen and oxygen atoms in total. The summed E-state index contributed by atoms with van der Waals surface area (Å²) in [5, 5.41) is -4.93. The first-order valence-electron chi connectivity index (χ1n) is 6.16. The summed E-state index contributed by atoms with van der Waals surface area (Å²) in [6.45, 7) is 3.94. The highest BCUT2D eigenvalue weighted by Crippen LogP contribution is 2.31. The number of alkyl halides is 6. The monoisotopic (exact) mass is 359 g/mol. The fraction of sp³-hybridized carbons (Fsp3) is 0.818. The first kappa shape index (κ1) is 23.5. The molecule has 3 N–H and O–H groups in total. The Labute approximate surface area is 125 Å². The quantitative estimate of drug-likeness (QED) is 0.301. The van der Waals surface area contributed by atoms with Gasteiger partial charge in [-0.05, 0) is 12.8 Å². The van der Waals surface area contributed by atoms with Gasteiger partial charge in [0, 0.05) is 13.0 Å². The minimum absolute atomic E-state index is 0.165. The predicted molar refractivity (Wildman–Crippen MR) is 69.8 cm³/mol. The average Bonchev–Trinajstić information content (AvgIpc) is 2.35. The lowest BCUT2D eigenvalue weighted by Gasteiger charge is -2.17. The number of unbranched alkanes of at least 4 members (excludes halogenated alkanes) is 2. The number of halogens is 6. The van der Waals surface area contributed by atoms with Gasteiger partial charge in [-0.2, -0.15) is 30.4 Å². The molecule has 0 rings (SSSR count). The van der Waals surface area contributed by atoms with E-state index in [0.717, 1.165) is 0 Å². The molecule has 0 heterocycles. The van der Waals surface area contributed by atoms with Crippen molar-refractivity contribution < 1.29 is 39.3 Å². The van der Waals surface area contributed by atoms with Crippen LogP contribution in [0.3, 0.4) is 0 Å². The van der Waals surface area contributed by atoms with Crippen LogP contribution in [0.2, 0.25) is 0 Å². The van der Waals surface area contributed by atoms with Crippen LogP contribution in [0.15, 0.2) is 12.7 Å². The van der Waals surface area contributed by atoms with Gasteiger partial charge >= 0.3 is 21.5 Å². The fourth-order valence-corrected chi connectivity index (χ4v) is 1.60. The number of hydrogen-bond donors (Lipinski definition) is 2. The van der Waals surface area contributed by atoms with Gasteiger partial charge in [0.15, 0.2) is 6.17 Å². The summed E-state index contributed by atoms with van der Waals surface area (Å²) in [6.07, 6.45) is -8.76. The predicted octanol–water partition coefficient (Wildman–Crippen LogP) is 3.45. The van der Waals surface area contributed by atoms with E-state index >= 15 is 0 Å². The highest BCUT2D eigenvalue weighted by atomic mass is 32.2. The molecule has 134 valence electrons. The molecule has 0 aromatic heterocycles. The third-order valence-electron chi connectivity index (χ3n) is 2.29. The number of hydrogen-bond acceptors (Lipinski definition) is 3. The minimum Gasteiger partial charge on any atom is -0.327 e. The Morgan fingerprint density at radius 2 is 1.59 bits per heavy atom. The number of nitrogens with two attached hydrogens (primary N) is 1. The Kier molecular flexibility index (Phi) is 10.7. The van der Waals surface area contributed by atoms with E-state index in [1.54, 1.807) is 6.08 Å². The third-order valence-corrected chi connectivity index (χ3v) is 3.24. The highest BCUT2D eigenvalue weighted by molar-refractivity contribution is 7.86. The van der Waals surface area contributed by atoms with E-state index in [1.807, 2.05) is 0 Å². The number of rotatable bonds is 8. The van der Waals surface area contributed by atoms with Gasteiger partial charge in [0.25, 0.3) is 0 Å². The van der Waals surface area contributed by atoms with Gasteiger partial charge in [-0.15, -0.1) is 6.58 Å². The summed E-state index contributed by atoms with van der Waals surface area (Å²) >= 11 is 0. The molecule has 0 spiro atoms. The molecule has 22 heavy (non-hydrogen) atoms. The zero-order valence-electron chi connectivity index (χ0n) is 11.6. The SMILES string of the molecule is C=CCN.O=S(=O)(O)C(F)(F)C(F)CCCCCC(F)(F)F. The van der Waals surface area contributed by atoms with Crippen LogP contribution in [0.25, 0.3) is 0 Å². The van der Waals surface area contributed by atoms with Gasteiger partial charge in [-0.1, -0.05) is 18.9 Å². The van der Waals surface area contributed by atoms with E-state index in [1.165, 1.54) is 0 Å². The molecule has 0 radical (unpaired) electrons. The second-order valence-corrected chi connectivity index (χ2v) is 5.74. The molecule has 0 saturated carbocycles. The average molecular weight is 359 g/mol. The van der Waals surface area contributed by atoms with Crippen LogP contribution < -0.4 is 5.73 Å². The second-order valence-electron chi connectivity index (χ2n) is 4.24. The summed E-state index contributed by atoms with van der Waals surface area (Å²) in [7, 11) is -5.86. The van der Waals surface area contributed by atoms with Crippen LogP contribution in [-0.4, -0.2) is 37.1 Å². The van der Waals surface area contributed by atoms with Gasteiger partial charge in [-0.3, -0.25) is 4.55 Å². The molecule has 0 saturated heterocycles. The molecule has 0 aliphatic heterocycles. The van der Waals surface area contributed by atoms with Gasteiger partial charge in [0.2, 0.25) is 0 Å². The van der Waals surface area contributed by atoms with Crippen LogP contribution in [0, 0.1) is 0 Å². The Morgan fingerprint density at radius 3 is 1.91 bits per heavy atom. The Balaban J connectivity index is 0. The van der Waals surface area contributed by atoms with Crippen molar-refractivity contribution in [1.82, 2.24) is 0 Å². The lowest BCUT2D eigenvalue weighted by atomic mass is 10.1. The van der Waals surface area contributed by atoms with E-state index in [0.29, 0.717) is 6.54 Å². The van der Waals surface area contributed by atoms with Crippen molar-refractivity contribution in [2.45, 2.75) is 49.7 Å². The van der Waals surface area contributed by atoms with Crippen molar-refractivity contribution in [2.24, 2.45) is 5.73 Å². The van der Waals surface area contributed by atoms with Gasteiger partial charge in [0.1, 0.15) is 0 Å². The third kappa shape index (κ3) is 10.9. The Bertz CT molecular complexity index is 411. The summed E-state index contributed by atoms with van der Waals surface area (Å²) in [6, 6.07) is 0. The van der Waals surface area contributed by atoms with E-state index < -0.39 is 40.6 Å². The first-order chi connectivity index (χ1) is 9.79. The largest absolute Gasteiger partial charge is 0.400 e. The van der Waals surface area contributed by atoms with Crippen molar-refractivity contribution in [2.75, 3.05) is 6.54 Å². The van der Waals surface area contributed by atoms with E-state index in [9.17, 15) is 34.8 Å². The molecule has 1 atom stereocenters. The normalized spacial score (nSPS) is 14.0. The molecule has 0 amide bonds. The first-order valence-corrected chi connectivity index (χ1v) is 7.60. The van der Waals surface area contributed by atoms with Gasteiger partial charge < -0.3 is 5.73 Å². The standard InChI is InChI=1S/C8H12F6O3S.C3H7N/c9-6(8(13,14)18(15,16)17)4-2-1-3-5-7(10,11)12;1-2-3-4/h6H,1-5H2,(H,15,16,17);2H,1,3-4H2. The molecule has 1 unspecified atom stereocenters. The molecule has 11 heteroatoms. The van der Waals surface area contributed by atoms with E-state index in [-0.39, 0.29) is 19.3 Å². The summed E-state index contributed by atoms with van der Waals surface area (Å²) in [5.74, 6) is 0. The van der Waals surface area contributed by atoms with Gasteiger partial charge in [-0.25, -0.2) is 4.39 Å². The van der Waals surface area contributed by atoms with Crippen molar-refractivity contribution in [3.63, 3.8) is 0 Å². The van der Waals surface area contributed by atoms with Crippen molar-refractivity contribution in [3.05, 3.63) is 12.7 Å². The van der Waals surface area contributed by atoms with Crippen LogP contribution in [0.1, 0.15) is 32.1 Å². The fourth-order valence-electron chi connectivity index (χ4n) is 1.16. The Hall–Kier alpha value is -0.810. The molecule has 0 aromatic carbocycles. The van der Waals surface area contributed by atoms with Gasteiger partial charge in [0.05, 0.1) is 0 Å². The maximum absolute atomic E-state index is 12.8. The van der Waals surface area contributed by atoms with E-state index in [4.69, 9.17) is 10.3 Å². The minimum atomic E-state index is -5.86. The molecule has 0 aromatic rings. The van der Waals surface area contributed by atoms with Crippen molar-refractivity contribution >= 4 is 10.1 Å². The lowest BCUT2D eigenvalue weighted by molar-refractivity contribution is -0.135.